The van der Waals surface area contributed by atoms with Crippen molar-refractivity contribution in [2.24, 2.45) is 0 Å². The van der Waals surface area contributed by atoms with E-state index in [2.05, 4.69) is 5.32 Å². The Bertz CT molecular complexity index is 904. The number of quaternary nitrogens is 1. The average Bonchev–Trinajstić information content (AvgIpc) is 3.34. The third kappa shape index (κ3) is 4.24. The molecule has 1 fully saturated rings. The van der Waals surface area contributed by atoms with Crippen LogP contribution in [0.15, 0.2) is 54.6 Å². The number of ether oxygens (including phenoxy) is 2. The van der Waals surface area contributed by atoms with E-state index in [1.807, 2.05) is 41.9 Å². The van der Waals surface area contributed by atoms with Crippen LogP contribution in [0, 0.1) is 12.7 Å². The maximum absolute atomic E-state index is 13.3. The van der Waals surface area contributed by atoms with Crippen LogP contribution in [0.3, 0.4) is 0 Å². The van der Waals surface area contributed by atoms with Crippen molar-refractivity contribution < 1.29 is 19.2 Å². The molecule has 2 N–H and O–H groups in total. The molecule has 28 heavy (non-hydrogen) atoms. The molecule has 0 bridgehead atoms. The second-order valence-electron chi connectivity index (χ2n) is 7.04. The van der Waals surface area contributed by atoms with Crippen molar-refractivity contribution in [2.75, 3.05) is 13.2 Å². The van der Waals surface area contributed by atoms with Gasteiger partial charge in [-0.25, -0.2) is 9.07 Å². The molecule has 3 aromatic rings. The number of benzene rings is 2. The van der Waals surface area contributed by atoms with Crippen LogP contribution in [0.2, 0.25) is 0 Å². The molecular weight excluding hydrogens is 357 g/mol. The lowest BCUT2D eigenvalue weighted by molar-refractivity contribution is -0.676. The molecule has 1 saturated heterocycles. The minimum atomic E-state index is -0.287. The van der Waals surface area contributed by atoms with E-state index in [-0.39, 0.29) is 5.82 Å². The summed E-state index contributed by atoms with van der Waals surface area (Å²) in [4.78, 5) is 0. The molecular formula is C22H25FN3O2+. The molecule has 0 saturated carbocycles. The Morgan fingerprint density at radius 2 is 1.96 bits per heavy atom. The molecule has 4 rings (SSSR count). The van der Waals surface area contributed by atoms with Crippen molar-refractivity contribution in [2.45, 2.75) is 32.4 Å². The molecule has 0 radical (unpaired) electrons. The monoisotopic (exact) mass is 382 g/mol. The molecule has 0 aliphatic carbocycles. The van der Waals surface area contributed by atoms with Crippen LogP contribution >= 0.6 is 0 Å². The summed E-state index contributed by atoms with van der Waals surface area (Å²) in [6.45, 7) is 4.52. The van der Waals surface area contributed by atoms with Gasteiger partial charge in [0.25, 0.3) is 0 Å². The number of nitrogens with zero attached hydrogens (tertiary/aromatic N) is 2. The molecule has 146 valence electrons. The van der Waals surface area contributed by atoms with Gasteiger partial charge in [-0.2, -0.15) is 5.10 Å². The van der Waals surface area contributed by atoms with Crippen molar-refractivity contribution in [1.29, 1.82) is 0 Å². The summed E-state index contributed by atoms with van der Waals surface area (Å²) in [5.41, 5.74) is 2.88. The Morgan fingerprint density at radius 1 is 1.18 bits per heavy atom. The Kier molecular flexibility index (Phi) is 5.69. The first-order valence-corrected chi connectivity index (χ1v) is 9.71. The predicted octanol–water partition coefficient (Wildman–Crippen LogP) is 3.35. The highest BCUT2D eigenvalue weighted by Crippen LogP contribution is 2.30. The van der Waals surface area contributed by atoms with E-state index in [4.69, 9.17) is 14.6 Å². The first-order valence-electron chi connectivity index (χ1n) is 9.71. The van der Waals surface area contributed by atoms with Crippen LogP contribution in [-0.2, 0) is 11.3 Å². The number of nitrogens with two attached hydrogens (primary N) is 1. The van der Waals surface area contributed by atoms with Gasteiger partial charge in [-0.3, -0.25) is 0 Å². The zero-order chi connectivity index (χ0) is 19.3. The van der Waals surface area contributed by atoms with Gasteiger partial charge in [0.15, 0.2) is 0 Å². The van der Waals surface area contributed by atoms with Crippen LogP contribution in [0.1, 0.15) is 24.1 Å². The largest absolute Gasteiger partial charge is 0.438 e. The first kappa shape index (κ1) is 18.7. The third-order valence-electron chi connectivity index (χ3n) is 4.97. The Hall–Kier alpha value is -2.70. The SMILES string of the molecule is Cc1nn(-c2ccccc2)c(Oc2ccc(F)cc2)c1C[NH2+]C[C@@H]1CCCO1. The summed E-state index contributed by atoms with van der Waals surface area (Å²) in [7, 11) is 0. The lowest BCUT2D eigenvalue weighted by atomic mass is 10.2. The lowest BCUT2D eigenvalue weighted by Crippen LogP contribution is -2.84. The fourth-order valence-electron chi connectivity index (χ4n) is 3.48. The van der Waals surface area contributed by atoms with E-state index in [1.54, 1.807) is 12.1 Å². The second kappa shape index (κ2) is 8.54. The van der Waals surface area contributed by atoms with E-state index in [0.717, 1.165) is 49.5 Å². The standard InChI is InChI=1S/C22H24FN3O2/c1-16-21(15-24-14-20-8-5-13-27-20)22(28-19-11-9-17(23)10-12-19)26(25-16)18-6-3-2-4-7-18/h2-4,6-7,9-12,20,24H,5,8,13-15H2,1H3/p+1/t20-/m0/s1. The average molecular weight is 382 g/mol. The number of hydrogen-bond donors (Lipinski definition) is 1. The van der Waals surface area contributed by atoms with Crippen molar-refractivity contribution in [3.05, 3.63) is 71.7 Å². The summed E-state index contributed by atoms with van der Waals surface area (Å²) in [6, 6.07) is 15.9. The Labute approximate surface area is 164 Å². The molecule has 1 aliphatic heterocycles. The summed E-state index contributed by atoms with van der Waals surface area (Å²) >= 11 is 0. The van der Waals surface area contributed by atoms with Crippen molar-refractivity contribution in [3.63, 3.8) is 0 Å². The van der Waals surface area contributed by atoms with Crippen LogP contribution in [-0.4, -0.2) is 29.0 Å². The van der Waals surface area contributed by atoms with Crippen molar-refractivity contribution in [3.8, 4) is 17.3 Å². The topological polar surface area (TPSA) is 52.9 Å². The zero-order valence-electron chi connectivity index (χ0n) is 16.0. The molecule has 2 heterocycles. The van der Waals surface area contributed by atoms with Gasteiger partial charge in [0, 0.05) is 6.61 Å². The van der Waals surface area contributed by atoms with Gasteiger partial charge in [-0.05, 0) is 56.2 Å². The Balaban J connectivity index is 1.61. The minimum Gasteiger partial charge on any atom is -0.438 e. The van der Waals surface area contributed by atoms with Crippen LogP contribution in [0.25, 0.3) is 5.69 Å². The minimum absolute atomic E-state index is 0.287. The number of aryl methyl sites for hydroxylation is 1. The highest BCUT2D eigenvalue weighted by Gasteiger charge is 2.22. The predicted molar refractivity (Wildman–Crippen MR) is 104 cm³/mol. The number of rotatable bonds is 7. The second-order valence-corrected chi connectivity index (χ2v) is 7.04. The summed E-state index contributed by atoms with van der Waals surface area (Å²) in [6.07, 6.45) is 2.59. The van der Waals surface area contributed by atoms with Crippen molar-refractivity contribution in [1.82, 2.24) is 9.78 Å². The number of aromatic nitrogens is 2. The zero-order valence-corrected chi connectivity index (χ0v) is 16.0. The van der Waals surface area contributed by atoms with E-state index in [1.165, 1.54) is 12.1 Å². The third-order valence-corrected chi connectivity index (χ3v) is 4.97. The van der Waals surface area contributed by atoms with Gasteiger partial charge in [0.1, 0.15) is 30.8 Å². The lowest BCUT2D eigenvalue weighted by Gasteiger charge is -2.12. The fraction of sp³-hybridized carbons (Fsp3) is 0.318. The van der Waals surface area contributed by atoms with Crippen LogP contribution in [0.4, 0.5) is 4.39 Å². The first-order chi connectivity index (χ1) is 13.7. The molecule has 0 unspecified atom stereocenters. The highest BCUT2D eigenvalue weighted by molar-refractivity contribution is 5.43. The maximum Gasteiger partial charge on any atom is 0.231 e. The van der Waals surface area contributed by atoms with E-state index in [0.29, 0.717) is 17.7 Å². The number of halogens is 1. The molecule has 5 nitrogen and oxygen atoms in total. The maximum atomic E-state index is 13.3. The van der Waals surface area contributed by atoms with E-state index in [9.17, 15) is 4.39 Å². The van der Waals surface area contributed by atoms with Gasteiger partial charge in [-0.15, -0.1) is 0 Å². The van der Waals surface area contributed by atoms with Gasteiger partial charge < -0.3 is 14.8 Å². The molecule has 6 heteroatoms. The fourth-order valence-corrected chi connectivity index (χ4v) is 3.48. The van der Waals surface area contributed by atoms with E-state index < -0.39 is 0 Å². The molecule has 1 aromatic heterocycles. The van der Waals surface area contributed by atoms with Crippen molar-refractivity contribution >= 4 is 0 Å². The highest BCUT2D eigenvalue weighted by atomic mass is 19.1. The van der Waals surface area contributed by atoms with Crippen LogP contribution in [0.5, 0.6) is 11.6 Å². The molecule has 2 aromatic carbocycles. The molecule has 0 spiro atoms. The number of hydrogen-bond acceptors (Lipinski definition) is 3. The van der Waals surface area contributed by atoms with E-state index >= 15 is 0 Å². The van der Waals surface area contributed by atoms with Gasteiger partial charge in [-0.1, -0.05) is 18.2 Å². The molecule has 0 amide bonds. The summed E-state index contributed by atoms with van der Waals surface area (Å²) in [5.74, 6) is 0.961. The van der Waals surface area contributed by atoms with Gasteiger partial charge in [0.2, 0.25) is 5.88 Å². The van der Waals surface area contributed by atoms with Gasteiger partial charge >= 0.3 is 0 Å². The molecule has 1 aliphatic rings. The molecule has 1 atom stereocenters. The van der Waals surface area contributed by atoms with Crippen LogP contribution < -0.4 is 10.1 Å². The normalized spacial score (nSPS) is 16.4. The van der Waals surface area contributed by atoms with Gasteiger partial charge in [0.05, 0.1) is 16.9 Å². The Morgan fingerprint density at radius 3 is 2.68 bits per heavy atom. The summed E-state index contributed by atoms with van der Waals surface area (Å²) in [5, 5.41) is 6.95. The summed E-state index contributed by atoms with van der Waals surface area (Å²) < 4.78 is 27.0. The smallest absolute Gasteiger partial charge is 0.231 e. The number of para-hydroxylation sites is 1. The quantitative estimate of drug-likeness (QED) is 0.682.